The van der Waals surface area contributed by atoms with E-state index < -0.39 is 0 Å². The lowest BCUT2D eigenvalue weighted by Crippen LogP contribution is -1.93. The first-order chi connectivity index (χ1) is 8.63. The zero-order chi connectivity index (χ0) is 13.1. The van der Waals surface area contributed by atoms with Crippen molar-refractivity contribution in [2.75, 3.05) is 12.3 Å². The zero-order valence-corrected chi connectivity index (χ0v) is 10.9. The number of rotatable bonds is 4. The molecule has 0 saturated carbocycles. The van der Waals surface area contributed by atoms with Crippen LogP contribution >= 0.6 is 0 Å². The smallest absolute Gasteiger partial charge is 0.175 e. The van der Waals surface area contributed by atoms with Crippen molar-refractivity contribution in [1.29, 1.82) is 0 Å². The topological polar surface area (TPSA) is 61.3 Å². The van der Waals surface area contributed by atoms with E-state index in [-0.39, 0.29) is 5.92 Å². The minimum absolute atomic E-state index is 0.247. The minimum Gasteiger partial charge on any atom is -0.494 e. The monoisotopic (exact) mass is 246 g/mol. The van der Waals surface area contributed by atoms with Gasteiger partial charge in [0.05, 0.1) is 12.2 Å². The second-order valence-electron chi connectivity index (χ2n) is 4.42. The van der Waals surface area contributed by atoms with Gasteiger partial charge in [0.25, 0.3) is 0 Å². The molecule has 2 aromatic rings. The van der Waals surface area contributed by atoms with Gasteiger partial charge in [-0.05, 0) is 24.6 Å². The summed E-state index contributed by atoms with van der Waals surface area (Å²) in [5.74, 6) is 2.35. The molecular weight excluding hydrogens is 228 g/mol. The normalized spacial score (nSPS) is 10.9. The quantitative estimate of drug-likeness (QED) is 0.897. The summed E-state index contributed by atoms with van der Waals surface area (Å²) in [6.07, 6.45) is 0. The molecule has 4 heteroatoms. The number of hydrogen-bond donors (Lipinski definition) is 1. The molecule has 0 fully saturated rings. The van der Waals surface area contributed by atoms with Gasteiger partial charge in [0.15, 0.2) is 5.82 Å². The molecule has 0 aliphatic carbocycles. The van der Waals surface area contributed by atoms with E-state index in [4.69, 9.17) is 15.0 Å². The predicted octanol–water partition coefficient (Wildman–Crippen LogP) is 3.45. The Morgan fingerprint density at radius 3 is 2.50 bits per heavy atom. The van der Waals surface area contributed by atoms with Gasteiger partial charge in [-0.15, -0.1) is 0 Å². The highest BCUT2D eigenvalue weighted by molar-refractivity contribution is 5.76. The lowest BCUT2D eigenvalue weighted by molar-refractivity contribution is 0.340. The van der Waals surface area contributed by atoms with Crippen LogP contribution < -0.4 is 10.5 Å². The number of hydrogen-bond acceptors (Lipinski definition) is 4. The molecule has 0 atom stereocenters. The number of benzene rings is 1. The second kappa shape index (κ2) is 5.12. The molecular formula is C14H18N2O2. The molecule has 0 unspecified atom stereocenters. The van der Waals surface area contributed by atoms with E-state index in [1.807, 2.05) is 31.2 Å². The molecule has 0 amide bonds. The summed E-state index contributed by atoms with van der Waals surface area (Å²) in [7, 11) is 0. The SMILES string of the molecule is CCOc1ccc(-c2c(N)noc2C(C)C)cc1. The highest BCUT2D eigenvalue weighted by Crippen LogP contribution is 2.34. The molecule has 0 aliphatic heterocycles. The Labute approximate surface area is 107 Å². The number of aromatic nitrogens is 1. The van der Waals surface area contributed by atoms with E-state index in [0.29, 0.717) is 12.4 Å². The zero-order valence-electron chi connectivity index (χ0n) is 10.9. The lowest BCUT2D eigenvalue weighted by atomic mass is 10.00. The van der Waals surface area contributed by atoms with Crippen molar-refractivity contribution in [3.05, 3.63) is 30.0 Å². The van der Waals surface area contributed by atoms with Crippen molar-refractivity contribution in [3.63, 3.8) is 0 Å². The largest absolute Gasteiger partial charge is 0.494 e. The van der Waals surface area contributed by atoms with Gasteiger partial charge < -0.3 is 15.0 Å². The molecule has 1 heterocycles. The van der Waals surface area contributed by atoms with Crippen LogP contribution in [0.3, 0.4) is 0 Å². The van der Waals surface area contributed by atoms with Crippen LogP contribution in [0.1, 0.15) is 32.4 Å². The fraction of sp³-hybridized carbons (Fsp3) is 0.357. The van der Waals surface area contributed by atoms with Crippen LogP contribution in [0.15, 0.2) is 28.8 Å². The van der Waals surface area contributed by atoms with Crippen LogP contribution in [0.4, 0.5) is 5.82 Å². The summed E-state index contributed by atoms with van der Waals surface area (Å²) in [6, 6.07) is 7.80. The van der Waals surface area contributed by atoms with Gasteiger partial charge in [0, 0.05) is 5.92 Å². The lowest BCUT2D eigenvalue weighted by Gasteiger charge is -2.07. The van der Waals surface area contributed by atoms with Crippen molar-refractivity contribution >= 4 is 5.82 Å². The van der Waals surface area contributed by atoms with E-state index in [1.165, 1.54) is 0 Å². The number of ether oxygens (including phenoxy) is 1. The fourth-order valence-corrected chi connectivity index (χ4v) is 1.88. The maximum atomic E-state index is 5.87. The third-order valence-electron chi connectivity index (χ3n) is 2.72. The second-order valence-corrected chi connectivity index (χ2v) is 4.42. The van der Waals surface area contributed by atoms with Gasteiger partial charge in [-0.1, -0.05) is 31.1 Å². The number of anilines is 1. The Bertz CT molecular complexity index is 515. The van der Waals surface area contributed by atoms with E-state index in [2.05, 4.69) is 19.0 Å². The van der Waals surface area contributed by atoms with Crippen LogP contribution in [0.2, 0.25) is 0 Å². The highest BCUT2D eigenvalue weighted by atomic mass is 16.5. The average molecular weight is 246 g/mol. The van der Waals surface area contributed by atoms with Gasteiger partial charge in [-0.3, -0.25) is 0 Å². The van der Waals surface area contributed by atoms with Gasteiger partial charge in [-0.2, -0.15) is 0 Å². The first kappa shape index (κ1) is 12.5. The molecule has 2 N–H and O–H groups in total. The Morgan fingerprint density at radius 1 is 1.28 bits per heavy atom. The number of nitrogen functional groups attached to an aromatic ring is 1. The molecule has 0 bridgehead atoms. The summed E-state index contributed by atoms with van der Waals surface area (Å²) in [5.41, 5.74) is 7.76. The maximum absolute atomic E-state index is 5.87. The first-order valence-corrected chi connectivity index (χ1v) is 6.11. The summed E-state index contributed by atoms with van der Waals surface area (Å²) in [5, 5.41) is 3.84. The Morgan fingerprint density at radius 2 is 1.94 bits per heavy atom. The highest BCUT2D eigenvalue weighted by Gasteiger charge is 2.18. The third-order valence-corrected chi connectivity index (χ3v) is 2.72. The van der Waals surface area contributed by atoms with E-state index in [9.17, 15) is 0 Å². The predicted molar refractivity (Wildman–Crippen MR) is 71.6 cm³/mol. The van der Waals surface area contributed by atoms with Gasteiger partial charge in [0.1, 0.15) is 11.5 Å². The van der Waals surface area contributed by atoms with Crippen LogP contribution in [0, 0.1) is 0 Å². The molecule has 18 heavy (non-hydrogen) atoms. The Balaban J connectivity index is 2.39. The molecule has 0 aliphatic rings. The maximum Gasteiger partial charge on any atom is 0.175 e. The molecule has 2 rings (SSSR count). The Hall–Kier alpha value is -1.97. The van der Waals surface area contributed by atoms with Crippen LogP contribution in [0.25, 0.3) is 11.1 Å². The first-order valence-electron chi connectivity index (χ1n) is 6.11. The van der Waals surface area contributed by atoms with Crippen LogP contribution in [-0.4, -0.2) is 11.8 Å². The molecule has 0 spiro atoms. The molecule has 1 aromatic heterocycles. The van der Waals surface area contributed by atoms with Crippen molar-refractivity contribution in [1.82, 2.24) is 5.16 Å². The van der Waals surface area contributed by atoms with Gasteiger partial charge in [0.2, 0.25) is 0 Å². The van der Waals surface area contributed by atoms with Crippen molar-refractivity contribution < 1.29 is 9.26 Å². The number of nitrogens with two attached hydrogens (primary N) is 1. The number of nitrogens with zero attached hydrogens (tertiary/aromatic N) is 1. The summed E-state index contributed by atoms with van der Waals surface area (Å²) in [4.78, 5) is 0. The van der Waals surface area contributed by atoms with Crippen molar-refractivity contribution in [2.24, 2.45) is 0 Å². The molecule has 96 valence electrons. The molecule has 1 aromatic carbocycles. The Kier molecular flexibility index (Phi) is 3.55. The van der Waals surface area contributed by atoms with Gasteiger partial charge in [-0.25, -0.2) is 0 Å². The standard InChI is InChI=1S/C14H18N2O2/c1-4-17-11-7-5-10(6-8-11)12-13(9(2)3)18-16-14(12)15/h5-9H,4H2,1-3H3,(H2,15,16). The summed E-state index contributed by atoms with van der Waals surface area (Å²) in [6.45, 7) is 6.73. The van der Waals surface area contributed by atoms with E-state index >= 15 is 0 Å². The van der Waals surface area contributed by atoms with E-state index in [0.717, 1.165) is 22.6 Å². The molecule has 4 nitrogen and oxygen atoms in total. The third kappa shape index (κ3) is 2.32. The van der Waals surface area contributed by atoms with Crippen molar-refractivity contribution in [2.45, 2.75) is 26.7 Å². The average Bonchev–Trinajstić information content (AvgIpc) is 2.73. The molecule has 0 radical (unpaired) electrons. The summed E-state index contributed by atoms with van der Waals surface area (Å²) < 4.78 is 10.7. The minimum atomic E-state index is 0.247. The van der Waals surface area contributed by atoms with Crippen LogP contribution in [-0.2, 0) is 0 Å². The van der Waals surface area contributed by atoms with Gasteiger partial charge >= 0.3 is 0 Å². The molecule has 0 saturated heterocycles. The van der Waals surface area contributed by atoms with Crippen LogP contribution in [0.5, 0.6) is 5.75 Å². The van der Waals surface area contributed by atoms with E-state index in [1.54, 1.807) is 0 Å². The van der Waals surface area contributed by atoms with Crippen molar-refractivity contribution in [3.8, 4) is 16.9 Å². The summed E-state index contributed by atoms with van der Waals surface area (Å²) >= 11 is 0. The fourth-order valence-electron chi connectivity index (χ4n) is 1.88.